The molecule has 0 saturated carbocycles. The first-order valence-electron chi connectivity index (χ1n) is 9.04. The molecule has 152 valence electrons. The zero-order valence-corrected chi connectivity index (χ0v) is 16.4. The standard InChI is InChI=1S/C21H17N3O6/c1-11(17-22-23-18(30-17)12-4-7-14(28-3)8-5-12)29-21(27)13-6-9-15-16(10-13)20(26)24(2)19(15)25/h4-11H,1-3H3. The second kappa shape index (κ2) is 7.43. The number of carbonyl (C=O) groups is 3. The van der Waals surface area contributed by atoms with E-state index in [9.17, 15) is 14.4 Å². The van der Waals surface area contributed by atoms with E-state index in [2.05, 4.69) is 10.2 Å². The molecule has 9 heteroatoms. The van der Waals surface area contributed by atoms with Gasteiger partial charge in [-0.3, -0.25) is 14.5 Å². The van der Waals surface area contributed by atoms with E-state index in [1.807, 2.05) is 0 Å². The molecule has 1 aromatic heterocycles. The molecule has 0 aliphatic carbocycles. The molecule has 0 N–H and O–H groups in total. The lowest BCUT2D eigenvalue weighted by Gasteiger charge is -2.09. The Kier molecular flexibility index (Phi) is 4.78. The van der Waals surface area contributed by atoms with E-state index < -0.39 is 23.9 Å². The van der Waals surface area contributed by atoms with Crippen LogP contribution < -0.4 is 4.74 Å². The average molecular weight is 407 g/mol. The van der Waals surface area contributed by atoms with Crippen LogP contribution in [-0.2, 0) is 4.74 Å². The molecule has 3 aromatic rings. The predicted molar refractivity (Wildman–Crippen MR) is 103 cm³/mol. The van der Waals surface area contributed by atoms with E-state index in [0.29, 0.717) is 11.3 Å². The minimum absolute atomic E-state index is 0.126. The average Bonchev–Trinajstić information content (AvgIpc) is 3.34. The van der Waals surface area contributed by atoms with E-state index in [1.165, 1.54) is 25.2 Å². The van der Waals surface area contributed by atoms with Crippen LogP contribution in [0.4, 0.5) is 0 Å². The highest BCUT2D eigenvalue weighted by Crippen LogP contribution is 2.26. The number of imide groups is 1. The number of hydrogen-bond acceptors (Lipinski definition) is 8. The lowest BCUT2D eigenvalue weighted by Crippen LogP contribution is -2.24. The van der Waals surface area contributed by atoms with E-state index in [4.69, 9.17) is 13.9 Å². The molecule has 1 atom stereocenters. The maximum absolute atomic E-state index is 12.5. The van der Waals surface area contributed by atoms with Crippen LogP contribution in [0.1, 0.15) is 50.0 Å². The summed E-state index contributed by atoms with van der Waals surface area (Å²) in [5, 5.41) is 7.92. The molecule has 1 aliphatic heterocycles. The first kappa shape index (κ1) is 19.3. The lowest BCUT2D eigenvalue weighted by atomic mass is 10.1. The van der Waals surface area contributed by atoms with Crippen molar-refractivity contribution in [2.24, 2.45) is 0 Å². The monoisotopic (exact) mass is 407 g/mol. The predicted octanol–water partition coefficient (Wildman–Crippen LogP) is 2.89. The first-order valence-corrected chi connectivity index (χ1v) is 9.04. The van der Waals surface area contributed by atoms with Gasteiger partial charge in [0.25, 0.3) is 17.7 Å². The number of rotatable bonds is 5. The Morgan fingerprint density at radius 3 is 2.43 bits per heavy atom. The number of esters is 1. The van der Waals surface area contributed by atoms with Crippen LogP contribution in [0.2, 0.25) is 0 Å². The fourth-order valence-corrected chi connectivity index (χ4v) is 3.02. The van der Waals surface area contributed by atoms with Gasteiger partial charge in [-0.1, -0.05) is 0 Å². The molecule has 2 heterocycles. The van der Waals surface area contributed by atoms with Gasteiger partial charge in [-0.15, -0.1) is 10.2 Å². The highest BCUT2D eigenvalue weighted by molar-refractivity contribution is 6.21. The highest BCUT2D eigenvalue weighted by Gasteiger charge is 2.33. The van der Waals surface area contributed by atoms with Crippen molar-refractivity contribution in [2.45, 2.75) is 13.0 Å². The largest absolute Gasteiger partial charge is 0.497 e. The molecule has 4 rings (SSSR count). The maximum Gasteiger partial charge on any atom is 0.338 e. The Morgan fingerprint density at radius 2 is 1.73 bits per heavy atom. The molecule has 1 aliphatic rings. The van der Waals surface area contributed by atoms with Gasteiger partial charge in [-0.05, 0) is 49.4 Å². The molecule has 0 spiro atoms. The Hall–Kier alpha value is -4.01. The van der Waals surface area contributed by atoms with Gasteiger partial charge < -0.3 is 13.9 Å². The summed E-state index contributed by atoms with van der Waals surface area (Å²) in [6, 6.07) is 11.3. The summed E-state index contributed by atoms with van der Waals surface area (Å²) in [7, 11) is 2.96. The number of benzene rings is 2. The number of fused-ring (bicyclic) bond motifs is 1. The number of carbonyl (C=O) groups excluding carboxylic acids is 3. The molecular formula is C21H17N3O6. The number of amides is 2. The van der Waals surface area contributed by atoms with E-state index in [-0.39, 0.29) is 28.5 Å². The molecule has 9 nitrogen and oxygen atoms in total. The van der Waals surface area contributed by atoms with Gasteiger partial charge in [-0.25, -0.2) is 4.79 Å². The summed E-state index contributed by atoms with van der Waals surface area (Å²) in [5.41, 5.74) is 1.27. The molecule has 2 aromatic carbocycles. The van der Waals surface area contributed by atoms with Gasteiger partial charge in [0, 0.05) is 12.6 Å². The van der Waals surface area contributed by atoms with Gasteiger partial charge in [-0.2, -0.15) is 0 Å². The molecule has 30 heavy (non-hydrogen) atoms. The second-order valence-electron chi connectivity index (χ2n) is 6.65. The number of methoxy groups -OCH3 is 1. The van der Waals surface area contributed by atoms with Crippen LogP contribution in [0.3, 0.4) is 0 Å². The number of aromatic nitrogens is 2. The zero-order valence-electron chi connectivity index (χ0n) is 16.4. The molecule has 0 bridgehead atoms. The molecular weight excluding hydrogens is 390 g/mol. The van der Waals surface area contributed by atoms with Crippen molar-refractivity contribution in [3.8, 4) is 17.2 Å². The van der Waals surface area contributed by atoms with Crippen LogP contribution in [-0.4, -0.2) is 47.0 Å². The summed E-state index contributed by atoms with van der Waals surface area (Å²) < 4.78 is 16.1. The van der Waals surface area contributed by atoms with Crippen LogP contribution in [0, 0.1) is 0 Å². The smallest absolute Gasteiger partial charge is 0.338 e. The van der Waals surface area contributed by atoms with E-state index >= 15 is 0 Å². The fourth-order valence-electron chi connectivity index (χ4n) is 3.02. The van der Waals surface area contributed by atoms with Gasteiger partial charge >= 0.3 is 5.97 Å². The molecule has 0 saturated heterocycles. The Bertz CT molecular complexity index is 1150. The molecule has 2 amide bonds. The van der Waals surface area contributed by atoms with Crippen molar-refractivity contribution in [1.82, 2.24) is 15.1 Å². The third kappa shape index (κ3) is 3.30. The Balaban J connectivity index is 1.49. The van der Waals surface area contributed by atoms with Crippen LogP contribution in [0.5, 0.6) is 5.75 Å². The van der Waals surface area contributed by atoms with Crippen LogP contribution in [0.25, 0.3) is 11.5 Å². The molecule has 1 unspecified atom stereocenters. The van der Waals surface area contributed by atoms with Crippen molar-refractivity contribution < 1.29 is 28.3 Å². The first-order chi connectivity index (χ1) is 14.4. The van der Waals surface area contributed by atoms with Gasteiger partial charge in [0.15, 0.2) is 6.10 Å². The number of nitrogens with zero attached hydrogens (tertiary/aromatic N) is 3. The number of ether oxygens (including phenoxy) is 2. The van der Waals surface area contributed by atoms with Crippen molar-refractivity contribution >= 4 is 17.8 Å². The van der Waals surface area contributed by atoms with E-state index in [1.54, 1.807) is 38.3 Å². The van der Waals surface area contributed by atoms with Crippen molar-refractivity contribution in [1.29, 1.82) is 0 Å². The van der Waals surface area contributed by atoms with Crippen molar-refractivity contribution in [3.05, 3.63) is 65.0 Å². The third-order valence-corrected chi connectivity index (χ3v) is 4.73. The second-order valence-corrected chi connectivity index (χ2v) is 6.65. The summed E-state index contributed by atoms with van der Waals surface area (Å²) in [4.78, 5) is 37.6. The summed E-state index contributed by atoms with van der Waals surface area (Å²) in [6.45, 7) is 1.60. The maximum atomic E-state index is 12.5. The van der Waals surface area contributed by atoms with E-state index in [0.717, 1.165) is 4.90 Å². The van der Waals surface area contributed by atoms with Gasteiger partial charge in [0.1, 0.15) is 5.75 Å². The molecule has 0 radical (unpaired) electrons. The minimum Gasteiger partial charge on any atom is -0.497 e. The lowest BCUT2D eigenvalue weighted by molar-refractivity contribution is 0.0279. The zero-order chi connectivity index (χ0) is 21.4. The minimum atomic E-state index is -0.815. The summed E-state index contributed by atoms with van der Waals surface area (Å²) >= 11 is 0. The SMILES string of the molecule is COc1ccc(-c2nnc(C(C)OC(=O)c3ccc4c(c3)C(=O)N(C)C4=O)o2)cc1. The fraction of sp³-hybridized carbons (Fsp3) is 0.190. The highest BCUT2D eigenvalue weighted by atomic mass is 16.6. The Morgan fingerprint density at radius 1 is 1.03 bits per heavy atom. The van der Waals surface area contributed by atoms with Gasteiger partial charge in [0.2, 0.25) is 5.89 Å². The Labute approximate surface area is 171 Å². The summed E-state index contributed by atoms with van der Waals surface area (Å²) in [5.74, 6) is -0.439. The quantitative estimate of drug-likeness (QED) is 0.469. The van der Waals surface area contributed by atoms with Crippen molar-refractivity contribution in [2.75, 3.05) is 14.2 Å². The third-order valence-electron chi connectivity index (χ3n) is 4.73. The molecule has 0 fully saturated rings. The normalized spacial score (nSPS) is 13.9. The van der Waals surface area contributed by atoms with Crippen molar-refractivity contribution in [3.63, 3.8) is 0 Å². The topological polar surface area (TPSA) is 112 Å². The van der Waals surface area contributed by atoms with Crippen LogP contribution in [0.15, 0.2) is 46.9 Å². The van der Waals surface area contributed by atoms with Crippen LogP contribution >= 0.6 is 0 Å². The summed E-state index contributed by atoms with van der Waals surface area (Å²) in [6.07, 6.45) is -0.815. The van der Waals surface area contributed by atoms with Gasteiger partial charge in [0.05, 0.1) is 23.8 Å². The number of hydrogen-bond donors (Lipinski definition) is 0.